The van der Waals surface area contributed by atoms with E-state index in [1.54, 1.807) is 17.3 Å². The highest BCUT2D eigenvalue weighted by molar-refractivity contribution is 6.04. The van der Waals surface area contributed by atoms with Gasteiger partial charge in [-0.3, -0.25) is 14.6 Å². The van der Waals surface area contributed by atoms with E-state index in [-0.39, 0.29) is 36.1 Å². The predicted molar refractivity (Wildman–Crippen MR) is 118 cm³/mol. The molecule has 0 radical (unpaired) electrons. The highest BCUT2D eigenvalue weighted by Crippen LogP contribution is 2.32. The molecule has 0 saturated carbocycles. The Morgan fingerprint density at radius 1 is 0.966 bits per heavy atom. The number of rotatable bonds is 8. The Balaban J connectivity index is 2.16. The molecule has 0 atom stereocenters. The summed E-state index contributed by atoms with van der Waals surface area (Å²) in [6, 6.07) is 9.88. The van der Waals surface area contributed by atoms with E-state index >= 15 is 0 Å². The molecule has 1 aromatic carbocycles. The molecule has 1 N–H and O–H groups in total. The number of anilines is 1. The van der Waals surface area contributed by atoms with Gasteiger partial charge in [0.2, 0.25) is 11.8 Å². The zero-order chi connectivity index (χ0) is 21.6. The molecule has 2 amide bonds. The average Bonchev–Trinajstić information content (AvgIpc) is 2.66. The molecule has 0 saturated heterocycles. The molecule has 0 unspecified atom stereocenters. The van der Waals surface area contributed by atoms with Gasteiger partial charge >= 0.3 is 0 Å². The molecule has 2 aromatic rings. The van der Waals surface area contributed by atoms with Crippen LogP contribution in [0, 0.1) is 0 Å². The fourth-order valence-electron chi connectivity index (χ4n) is 3.36. The maximum atomic E-state index is 12.9. The van der Waals surface area contributed by atoms with Crippen LogP contribution in [-0.4, -0.2) is 27.7 Å². The molecule has 0 spiro atoms. The lowest BCUT2D eigenvalue weighted by atomic mass is 9.92. The Hall–Kier alpha value is -2.69. The molecule has 5 heteroatoms. The third-order valence-electron chi connectivity index (χ3n) is 4.97. The van der Waals surface area contributed by atoms with E-state index < -0.39 is 0 Å². The van der Waals surface area contributed by atoms with Crippen LogP contribution >= 0.6 is 0 Å². The lowest BCUT2D eigenvalue weighted by molar-refractivity contribution is -0.136. The van der Waals surface area contributed by atoms with Crippen molar-refractivity contribution in [1.29, 1.82) is 0 Å². The second kappa shape index (κ2) is 10.2. The van der Waals surface area contributed by atoms with Crippen LogP contribution in [-0.2, 0) is 16.1 Å². The van der Waals surface area contributed by atoms with Crippen LogP contribution < -0.4 is 5.32 Å². The number of carbonyl (C=O) groups excluding carboxylic acids is 2. The third kappa shape index (κ3) is 6.14. The van der Waals surface area contributed by atoms with E-state index in [2.05, 4.69) is 38.0 Å². The Bertz CT molecular complexity index is 803. The molecule has 1 heterocycles. The van der Waals surface area contributed by atoms with Crippen LogP contribution in [0.5, 0.6) is 0 Å². The molecular formula is C24H33N3O2. The molecule has 2 rings (SSSR count). The highest BCUT2D eigenvalue weighted by atomic mass is 16.2. The van der Waals surface area contributed by atoms with E-state index in [1.165, 1.54) is 0 Å². The Morgan fingerprint density at radius 2 is 1.59 bits per heavy atom. The van der Waals surface area contributed by atoms with Crippen LogP contribution in [0.25, 0.3) is 0 Å². The van der Waals surface area contributed by atoms with Crippen LogP contribution in [0.1, 0.15) is 76.5 Å². The second-order valence-corrected chi connectivity index (χ2v) is 8.32. The quantitative estimate of drug-likeness (QED) is 0.633. The maximum Gasteiger partial charge on any atom is 0.233 e. The summed E-state index contributed by atoms with van der Waals surface area (Å²) in [7, 11) is 0. The lowest BCUT2D eigenvalue weighted by Gasteiger charge is -2.27. The summed E-state index contributed by atoms with van der Waals surface area (Å²) in [6.45, 7) is 12.8. The first-order valence-corrected chi connectivity index (χ1v) is 10.3. The van der Waals surface area contributed by atoms with Gasteiger partial charge in [0, 0.05) is 30.7 Å². The number of hydrogen-bond acceptors (Lipinski definition) is 3. The first kappa shape index (κ1) is 22.6. The van der Waals surface area contributed by atoms with Gasteiger partial charge in [-0.2, -0.15) is 0 Å². The maximum absolute atomic E-state index is 12.9. The normalized spacial score (nSPS) is 11.2. The molecule has 0 aliphatic carbocycles. The standard InChI is InChI=1S/C24H33N3O2/c1-16(2)20-10-7-11-21(17(3)4)24(20)26-22(28)13-23(29)27(18(5)6)15-19-9-8-12-25-14-19/h7-12,14,16-18H,13,15H2,1-6H3,(H,26,28). The summed E-state index contributed by atoms with van der Waals surface area (Å²) in [5.74, 6) is 0.0891. The van der Waals surface area contributed by atoms with Gasteiger partial charge in [-0.1, -0.05) is 52.0 Å². The molecule has 29 heavy (non-hydrogen) atoms. The third-order valence-corrected chi connectivity index (χ3v) is 4.97. The van der Waals surface area contributed by atoms with E-state index in [0.717, 1.165) is 22.4 Å². The van der Waals surface area contributed by atoms with Gasteiger partial charge in [0.25, 0.3) is 0 Å². The monoisotopic (exact) mass is 395 g/mol. The summed E-state index contributed by atoms with van der Waals surface area (Å²) < 4.78 is 0. The van der Waals surface area contributed by atoms with Gasteiger partial charge in [0.1, 0.15) is 6.42 Å². The number of aromatic nitrogens is 1. The number of para-hydroxylation sites is 1. The fourth-order valence-corrected chi connectivity index (χ4v) is 3.36. The summed E-state index contributed by atoms with van der Waals surface area (Å²) in [4.78, 5) is 31.5. The van der Waals surface area contributed by atoms with E-state index in [1.807, 2.05) is 44.2 Å². The number of amides is 2. The van der Waals surface area contributed by atoms with Crippen LogP contribution in [0.3, 0.4) is 0 Å². The summed E-state index contributed by atoms with van der Waals surface area (Å²) >= 11 is 0. The lowest BCUT2D eigenvalue weighted by Crippen LogP contribution is -2.38. The van der Waals surface area contributed by atoms with Crippen molar-refractivity contribution in [1.82, 2.24) is 9.88 Å². The van der Waals surface area contributed by atoms with Crippen molar-refractivity contribution in [3.05, 3.63) is 59.4 Å². The number of pyridine rings is 1. The summed E-state index contributed by atoms with van der Waals surface area (Å²) in [6.07, 6.45) is 3.27. The van der Waals surface area contributed by atoms with Gasteiger partial charge in [0.15, 0.2) is 0 Å². The van der Waals surface area contributed by atoms with E-state index in [9.17, 15) is 9.59 Å². The van der Waals surface area contributed by atoms with Crippen molar-refractivity contribution in [2.24, 2.45) is 0 Å². The van der Waals surface area contributed by atoms with Gasteiger partial charge < -0.3 is 10.2 Å². The first-order chi connectivity index (χ1) is 13.7. The van der Waals surface area contributed by atoms with E-state index in [0.29, 0.717) is 6.54 Å². The Kier molecular flexibility index (Phi) is 7.94. The zero-order valence-electron chi connectivity index (χ0n) is 18.4. The highest BCUT2D eigenvalue weighted by Gasteiger charge is 2.22. The molecular weight excluding hydrogens is 362 g/mol. The van der Waals surface area contributed by atoms with Crippen LogP contribution in [0.2, 0.25) is 0 Å². The van der Waals surface area contributed by atoms with Gasteiger partial charge in [-0.15, -0.1) is 0 Å². The smallest absolute Gasteiger partial charge is 0.233 e. The largest absolute Gasteiger partial charge is 0.335 e. The molecule has 0 aliphatic rings. The van der Waals surface area contributed by atoms with Crippen molar-refractivity contribution in [2.75, 3.05) is 5.32 Å². The van der Waals surface area contributed by atoms with Crippen LogP contribution in [0.15, 0.2) is 42.7 Å². The Labute approximate surface area is 174 Å². The fraction of sp³-hybridized carbons (Fsp3) is 0.458. The van der Waals surface area contributed by atoms with Gasteiger partial charge in [-0.05, 0) is 48.4 Å². The van der Waals surface area contributed by atoms with Crippen molar-refractivity contribution in [2.45, 2.75) is 72.4 Å². The Morgan fingerprint density at radius 3 is 2.07 bits per heavy atom. The van der Waals surface area contributed by atoms with Gasteiger partial charge in [0.05, 0.1) is 0 Å². The van der Waals surface area contributed by atoms with Crippen molar-refractivity contribution in [3.8, 4) is 0 Å². The zero-order valence-corrected chi connectivity index (χ0v) is 18.4. The topological polar surface area (TPSA) is 62.3 Å². The second-order valence-electron chi connectivity index (χ2n) is 8.32. The molecule has 156 valence electrons. The van der Waals surface area contributed by atoms with Crippen molar-refractivity contribution in [3.63, 3.8) is 0 Å². The average molecular weight is 396 g/mol. The minimum atomic E-state index is -0.276. The molecule has 0 aliphatic heterocycles. The molecule has 0 bridgehead atoms. The first-order valence-electron chi connectivity index (χ1n) is 10.3. The predicted octanol–water partition coefficient (Wildman–Crippen LogP) is 5.09. The minimum absolute atomic E-state index is 0.00955. The van der Waals surface area contributed by atoms with Gasteiger partial charge in [-0.25, -0.2) is 0 Å². The van der Waals surface area contributed by atoms with E-state index in [4.69, 9.17) is 0 Å². The number of hydrogen-bond donors (Lipinski definition) is 1. The molecule has 1 aromatic heterocycles. The summed E-state index contributed by atoms with van der Waals surface area (Å²) in [5, 5.41) is 3.03. The number of benzene rings is 1. The van der Waals surface area contributed by atoms with Crippen molar-refractivity contribution < 1.29 is 9.59 Å². The summed E-state index contributed by atoms with van der Waals surface area (Å²) in [5.41, 5.74) is 3.97. The minimum Gasteiger partial charge on any atom is -0.335 e. The number of nitrogens with one attached hydrogen (secondary N) is 1. The molecule has 5 nitrogen and oxygen atoms in total. The number of carbonyl (C=O) groups is 2. The number of nitrogens with zero attached hydrogens (tertiary/aromatic N) is 2. The van der Waals surface area contributed by atoms with Crippen LogP contribution in [0.4, 0.5) is 5.69 Å². The van der Waals surface area contributed by atoms with Crippen molar-refractivity contribution >= 4 is 17.5 Å². The SMILES string of the molecule is CC(C)c1cccc(C(C)C)c1NC(=O)CC(=O)N(Cc1cccnc1)C(C)C. The molecule has 0 fully saturated rings.